The van der Waals surface area contributed by atoms with Crippen molar-refractivity contribution in [2.45, 2.75) is 33.2 Å². The van der Waals surface area contributed by atoms with Crippen LogP contribution < -0.4 is 20.8 Å². The monoisotopic (exact) mass is 427 g/mol. The Kier molecular flexibility index (Phi) is 5.74. The van der Waals surface area contributed by atoms with E-state index in [-0.39, 0.29) is 17.0 Å². The van der Waals surface area contributed by atoms with Crippen LogP contribution in [-0.4, -0.2) is 11.2 Å². The van der Waals surface area contributed by atoms with E-state index in [1.807, 2.05) is 75.4 Å². The highest BCUT2D eigenvalue weighted by Gasteiger charge is 2.35. The van der Waals surface area contributed by atoms with Crippen molar-refractivity contribution < 1.29 is 9.47 Å². The minimum Gasteiger partial charge on any atom is -0.494 e. The Morgan fingerprint density at radius 2 is 1.88 bits per heavy atom. The van der Waals surface area contributed by atoms with E-state index in [2.05, 4.69) is 6.07 Å². The van der Waals surface area contributed by atoms with Gasteiger partial charge < -0.3 is 19.8 Å². The number of hydrogen-bond donors (Lipinski definition) is 1. The molecule has 3 aromatic rings. The summed E-state index contributed by atoms with van der Waals surface area (Å²) in [6.07, 6.45) is 0. The Bertz CT molecular complexity index is 1300. The molecule has 162 valence electrons. The van der Waals surface area contributed by atoms with Gasteiger partial charge in [-0.1, -0.05) is 48.0 Å². The number of fused-ring (bicyclic) bond motifs is 1. The number of benzene rings is 2. The molecular weight excluding hydrogens is 402 g/mol. The smallest absolute Gasteiger partial charge is 0.259 e. The lowest BCUT2D eigenvalue weighted by Crippen LogP contribution is -2.33. The van der Waals surface area contributed by atoms with Crippen LogP contribution in [0.3, 0.4) is 0 Å². The molecule has 0 bridgehead atoms. The van der Waals surface area contributed by atoms with Crippen LogP contribution in [0.4, 0.5) is 0 Å². The molecule has 6 heteroatoms. The van der Waals surface area contributed by atoms with Gasteiger partial charge in [-0.25, -0.2) is 0 Å². The first kappa shape index (κ1) is 21.3. The predicted molar refractivity (Wildman–Crippen MR) is 123 cm³/mol. The molecule has 0 radical (unpaired) electrons. The number of nitrogens with zero attached hydrogens (tertiary/aromatic N) is 2. The van der Waals surface area contributed by atoms with Gasteiger partial charge in [-0.15, -0.1) is 0 Å². The van der Waals surface area contributed by atoms with E-state index < -0.39 is 5.92 Å². The molecule has 4 rings (SSSR count). The third kappa shape index (κ3) is 3.74. The van der Waals surface area contributed by atoms with Crippen molar-refractivity contribution in [1.29, 1.82) is 5.26 Å². The van der Waals surface area contributed by atoms with Crippen LogP contribution in [0.5, 0.6) is 11.5 Å². The second-order valence-corrected chi connectivity index (χ2v) is 7.84. The highest BCUT2D eigenvalue weighted by atomic mass is 16.5. The molecule has 1 atom stereocenters. The molecule has 0 amide bonds. The summed E-state index contributed by atoms with van der Waals surface area (Å²) < 4.78 is 13.3. The van der Waals surface area contributed by atoms with Crippen molar-refractivity contribution in [2.24, 2.45) is 5.73 Å². The number of pyridine rings is 1. The Balaban J connectivity index is 1.93. The highest BCUT2D eigenvalue weighted by molar-refractivity contribution is 5.58. The van der Waals surface area contributed by atoms with E-state index in [0.717, 1.165) is 16.8 Å². The van der Waals surface area contributed by atoms with Gasteiger partial charge in [0.1, 0.15) is 23.1 Å². The molecule has 6 nitrogen and oxygen atoms in total. The van der Waals surface area contributed by atoms with Crippen molar-refractivity contribution in [1.82, 2.24) is 4.57 Å². The van der Waals surface area contributed by atoms with Crippen LogP contribution in [0.2, 0.25) is 0 Å². The molecule has 1 aliphatic rings. The summed E-state index contributed by atoms with van der Waals surface area (Å²) in [7, 11) is 0. The molecule has 2 heterocycles. The number of allylic oxidation sites excluding steroid dienone is 1. The van der Waals surface area contributed by atoms with Gasteiger partial charge in [0.2, 0.25) is 5.88 Å². The van der Waals surface area contributed by atoms with E-state index in [1.165, 1.54) is 0 Å². The average Bonchev–Trinajstić information content (AvgIpc) is 2.78. The summed E-state index contributed by atoms with van der Waals surface area (Å²) in [5, 5.41) is 9.90. The van der Waals surface area contributed by atoms with Gasteiger partial charge >= 0.3 is 0 Å². The van der Waals surface area contributed by atoms with E-state index in [1.54, 1.807) is 4.57 Å². The highest BCUT2D eigenvalue weighted by Crippen LogP contribution is 2.43. The summed E-state index contributed by atoms with van der Waals surface area (Å²) in [6.45, 7) is 6.65. The van der Waals surface area contributed by atoms with Crippen molar-refractivity contribution >= 4 is 0 Å². The fourth-order valence-corrected chi connectivity index (χ4v) is 4.08. The Morgan fingerprint density at radius 1 is 1.16 bits per heavy atom. The lowest BCUT2D eigenvalue weighted by Gasteiger charge is -2.28. The third-order valence-electron chi connectivity index (χ3n) is 5.68. The second kappa shape index (κ2) is 8.64. The third-order valence-corrected chi connectivity index (χ3v) is 5.68. The number of ether oxygens (including phenoxy) is 2. The molecule has 1 aliphatic heterocycles. The number of nitrogens with two attached hydrogens (primary N) is 1. The number of nitriles is 1. The van der Waals surface area contributed by atoms with Crippen molar-refractivity contribution in [3.05, 3.63) is 104 Å². The van der Waals surface area contributed by atoms with Crippen LogP contribution in [0.15, 0.2) is 70.8 Å². The summed E-state index contributed by atoms with van der Waals surface area (Å²) in [5.74, 6) is 0.314. The number of hydrogen-bond acceptors (Lipinski definition) is 5. The van der Waals surface area contributed by atoms with E-state index in [9.17, 15) is 10.1 Å². The SMILES string of the molecule is CCOc1ccccc1[C@H]1C(C#N)=C(N)Oc2cc(C)n(Cc3ccc(C)cc3)c(=O)c21. The molecular formula is C26H25N3O3. The van der Waals surface area contributed by atoms with E-state index in [4.69, 9.17) is 15.2 Å². The van der Waals surface area contributed by atoms with Crippen molar-refractivity contribution in [3.63, 3.8) is 0 Å². The number of aryl methyl sites for hydroxylation is 2. The molecule has 2 N–H and O–H groups in total. The van der Waals surface area contributed by atoms with E-state index >= 15 is 0 Å². The van der Waals surface area contributed by atoms with E-state index in [0.29, 0.717) is 35.8 Å². The van der Waals surface area contributed by atoms with Crippen LogP contribution in [0.25, 0.3) is 0 Å². The molecule has 0 unspecified atom stereocenters. The van der Waals surface area contributed by atoms with Crippen molar-refractivity contribution in [2.75, 3.05) is 6.61 Å². The summed E-state index contributed by atoms with van der Waals surface area (Å²) >= 11 is 0. The maximum atomic E-state index is 13.8. The predicted octanol–water partition coefficient (Wildman–Crippen LogP) is 4.13. The fourth-order valence-electron chi connectivity index (χ4n) is 4.08. The molecule has 1 aromatic heterocycles. The zero-order valence-corrected chi connectivity index (χ0v) is 18.4. The Labute approximate surface area is 187 Å². The molecule has 32 heavy (non-hydrogen) atoms. The fraction of sp³-hybridized carbons (Fsp3) is 0.231. The van der Waals surface area contributed by atoms with Gasteiger partial charge in [-0.2, -0.15) is 5.26 Å². The number of rotatable bonds is 5. The zero-order valence-electron chi connectivity index (χ0n) is 18.4. The molecule has 2 aromatic carbocycles. The normalized spacial score (nSPS) is 15.0. The van der Waals surface area contributed by atoms with Gasteiger partial charge in [-0.3, -0.25) is 4.79 Å². The topological polar surface area (TPSA) is 90.3 Å². The molecule has 0 spiro atoms. The zero-order chi connectivity index (χ0) is 22.8. The van der Waals surface area contributed by atoms with Gasteiger partial charge in [-0.05, 0) is 32.4 Å². The van der Waals surface area contributed by atoms with Gasteiger partial charge in [0.15, 0.2) is 0 Å². The quantitative estimate of drug-likeness (QED) is 0.661. The number of para-hydroxylation sites is 1. The minimum absolute atomic E-state index is 0.00591. The summed E-state index contributed by atoms with van der Waals surface area (Å²) in [6, 6.07) is 19.4. The van der Waals surface area contributed by atoms with Crippen LogP contribution >= 0.6 is 0 Å². The lowest BCUT2D eigenvalue weighted by molar-refractivity contribution is 0.334. The first-order chi connectivity index (χ1) is 15.4. The Morgan fingerprint density at radius 3 is 2.56 bits per heavy atom. The maximum absolute atomic E-state index is 13.8. The van der Waals surface area contributed by atoms with Crippen LogP contribution in [-0.2, 0) is 6.54 Å². The largest absolute Gasteiger partial charge is 0.494 e. The first-order valence-corrected chi connectivity index (χ1v) is 10.5. The molecule has 0 saturated heterocycles. The Hall–Kier alpha value is -3.98. The standard InChI is InChI=1S/C26H25N3O3/c1-4-31-21-8-6-5-7-19(21)23-20(14-27)25(28)32-22-13-17(3)29(26(30)24(22)23)15-18-11-9-16(2)10-12-18/h5-13,23H,4,15,28H2,1-3H3/t23-/m0/s1. The molecule has 0 fully saturated rings. The van der Waals surface area contributed by atoms with Crippen LogP contribution in [0.1, 0.15) is 40.8 Å². The number of aromatic nitrogens is 1. The summed E-state index contributed by atoms with van der Waals surface area (Å²) in [5.41, 5.74) is 10.1. The van der Waals surface area contributed by atoms with Crippen LogP contribution in [0, 0.1) is 25.2 Å². The maximum Gasteiger partial charge on any atom is 0.259 e. The summed E-state index contributed by atoms with van der Waals surface area (Å²) in [4.78, 5) is 13.8. The van der Waals surface area contributed by atoms with Gasteiger partial charge in [0, 0.05) is 17.3 Å². The van der Waals surface area contributed by atoms with Gasteiger partial charge in [0.25, 0.3) is 5.56 Å². The molecule has 0 aliphatic carbocycles. The minimum atomic E-state index is -0.677. The first-order valence-electron chi connectivity index (χ1n) is 10.5. The molecule has 0 saturated carbocycles. The van der Waals surface area contributed by atoms with Crippen molar-refractivity contribution in [3.8, 4) is 17.6 Å². The average molecular weight is 428 g/mol. The lowest BCUT2D eigenvalue weighted by atomic mass is 9.83. The van der Waals surface area contributed by atoms with Gasteiger partial charge in [0.05, 0.1) is 24.6 Å². The second-order valence-electron chi connectivity index (χ2n) is 7.84.